The van der Waals surface area contributed by atoms with Gasteiger partial charge in [0.25, 0.3) is 15.7 Å². The second kappa shape index (κ2) is 14.3. The Bertz CT molecular complexity index is 1460. The number of sulfonamides is 1. The van der Waals surface area contributed by atoms with Crippen molar-refractivity contribution in [2.24, 2.45) is 0 Å². The molecule has 0 aliphatic rings. The van der Waals surface area contributed by atoms with Gasteiger partial charge >= 0.3 is 0 Å². The molecule has 3 rings (SSSR count). The molecule has 0 fully saturated rings. The molecule has 0 spiro atoms. The number of anilines is 1. The maximum absolute atomic E-state index is 13.9. The molecule has 0 aliphatic heterocycles. The summed E-state index contributed by atoms with van der Waals surface area (Å²) in [5.41, 5.74) is 0.275. The van der Waals surface area contributed by atoms with Gasteiger partial charge in [-0.25, -0.2) is 8.42 Å². The van der Waals surface area contributed by atoms with Crippen LogP contribution in [0.3, 0.4) is 0 Å². The van der Waals surface area contributed by atoms with Gasteiger partial charge in [-0.2, -0.15) is 0 Å². The minimum absolute atomic E-state index is 0.00738. The number of rotatable bonds is 14. The third kappa shape index (κ3) is 8.04. The van der Waals surface area contributed by atoms with Crippen molar-refractivity contribution < 1.29 is 27.7 Å². The lowest BCUT2D eigenvalue weighted by atomic mass is 10.1. The van der Waals surface area contributed by atoms with Crippen molar-refractivity contribution in [2.75, 3.05) is 24.5 Å². The second-order valence-electron chi connectivity index (χ2n) is 9.30. The average Bonchev–Trinajstić information content (AvgIpc) is 2.98. The van der Waals surface area contributed by atoms with Crippen molar-refractivity contribution in [3.63, 3.8) is 0 Å². The number of nitrogens with zero attached hydrogens (tertiary/aromatic N) is 3. The number of ether oxygens (including phenoxy) is 1. The smallest absolute Gasteiger partial charge is 0.271 e. The number of carbonyl (C=O) groups is 2. The van der Waals surface area contributed by atoms with Gasteiger partial charge in [-0.3, -0.25) is 24.0 Å². The molecule has 0 aromatic heterocycles. The molecule has 0 bridgehead atoms. The van der Waals surface area contributed by atoms with Crippen LogP contribution < -0.4 is 14.4 Å². The van der Waals surface area contributed by atoms with Gasteiger partial charge in [-0.1, -0.05) is 49.7 Å². The number of nitro benzene ring substituents is 1. The van der Waals surface area contributed by atoms with E-state index in [2.05, 4.69) is 5.32 Å². The maximum atomic E-state index is 13.9. The van der Waals surface area contributed by atoms with Crippen LogP contribution in [-0.4, -0.2) is 56.3 Å². The lowest BCUT2D eigenvalue weighted by Gasteiger charge is -2.32. The van der Waals surface area contributed by atoms with Gasteiger partial charge in [-0.05, 0) is 49.2 Å². The summed E-state index contributed by atoms with van der Waals surface area (Å²) < 4.78 is 33.7. The van der Waals surface area contributed by atoms with Gasteiger partial charge in [0, 0.05) is 25.2 Å². The molecule has 3 aromatic rings. The number of nitro groups is 1. The predicted molar refractivity (Wildman–Crippen MR) is 155 cm³/mol. The second-order valence-corrected chi connectivity index (χ2v) is 11.2. The summed E-state index contributed by atoms with van der Waals surface area (Å²) in [5.74, 6) is -0.501. The summed E-state index contributed by atoms with van der Waals surface area (Å²) >= 11 is 0. The number of non-ortho nitro benzene ring substituents is 1. The van der Waals surface area contributed by atoms with Gasteiger partial charge in [0.05, 0.1) is 22.6 Å². The van der Waals surface area contributed by atoms with Crippen LogP contribution in [0.1, 0.15) is 32.3 Å². The molecule has 0 radical (unpaired) electrons. The van der Waals surface area contributed by atoms with Gasteiger partial charge in [0.2, 0.25) is 11.8 Å². The number of benzene rings is 3. The molecule has 218 valence electrons. The molecule has 0 saturated heterocycles. The minimum Gasteiger partial charge on any atom is -0.497 e. The minimum atomic E-state index is -4.33. The molecule has 41 heavy (non-hydrogen) atoms. The first-order valence-electron chi connectivity index (χ1n) is 13.1. The van der Waals surface area contributed by atoms with Gasteiger partial charge < -0.3 is 15.0 Å². The summed E-state index contributed by atoms with van der Waals surface area (Å²) in [4.78, 5) is 39.0. The number of amides is 2. The fraction of sp³-hybridized carbons (Fsp3) is 0.310. The monoisotopic (exact) mass is 582 g/mol. The average molecular weight is 583 g/mol. The highest BCUT2D eigenvalue weighted by Crippen LogP contribution is 2.27. The number of unbranched alkanes of at least 4 members (excludes halogenated alkanes) is 1. The highest BCUT2D eigenvalue weighted by molar-refractivity contribution is 7.92. The first-order valence-corrected chi connectivity index (χ1v) is 14.5. The SMILES string of the molecule is CCCCNC(=O)[C@@H](C)N(Cc1cccc(OC)c1)C(=O)CN(c1cccc([N+](=O)[O-])c1)S(=O)(=O)c1ccccc1. The Morgan fingerprint density at radius 1 is 1.02 bits per heavy atom. The molecular formula is C29H34N4O7S. The molecule has 3 aromatic carbocycles. The Morgan fingerprint density at radius 2 is 1.73 bits per heavy atom. The molecule has 0 unspecified atom stereocenters. The summed E-state index contributed by atoms with van der Waals surface area (Å²) in [6.07, 6.45) is 1.63. The standard InChI is InChI=1S/C29H34N4O7S/c1-4-5-17-30-29(35)22(2)31(20-23-11-9-14-26(18-23)40-3)28(34)21-32(24-12-10-13-25(19-24)33(36)37)41(38,39)27-15-7-6-8-16-27/h6-16,18-19,22H,4-5,17,20-21H2,1-3H3,(H,30,35)/t22-/m1/s1. The lowest BCUT2D eigenvalue weighted by Crippen LogP contribution is -2.51. The lowest BCUT2D eigenvalue weighted by molar-refractivity contribution is -0.384. The fourth-order valence-electron chi connectivity index (χ4n) is 4.10. The maximum Gasteiger partial charge on any atom is 0.271 e. The van der Waals surface area contributed by atoms with Crippen LogP contribution in [0.2, 0.25) is 0 Å². The molecule has 2 amide bonds. The molecule has 0 aliphatic carbocycles. The molecule has 0 saturated carbocycles. The van der Waals surface area contributed by atoms with E-state index in [1.165, 1.54) is 54.5 Å². The third-order valence-electron chi connectivity index (χ3n) is 6.42. The molecule has 12 heteroatoms. The van der Waals surface area contributed by atoms with Crippen LogP contribution in [0.4, 0.5) is 11.4 Å². The van der Waals surface area contributed by atoms with E-state index in [4.69, 9.17) is 4.74 Å². The van der Waals surface area contributed by atoms with Gasteiger partial charge in [0.1, 0.15) is 18.3 Å². The van der Waals surface area contributed by atoms with E-state index >= 15 is 0 Å². The summed E-state index contributed by atoms with van der Waals surface area (Å²) in [5, 5.41) is 14.3. The predicted octanol–water partition coefficient (Wildman–Crippen LogP) is 4.13. The van der Waals surface area contributed by atoms with Crippen molar-refractivity contribution >= 4 is 33.2 Å². The molecule has 1 N–H and O–H groups in total. The molecule has 11 nitrogen and oxygen atoms in total. The zero-order chi connectivity index (χ0) is 30.0. The highest BCUT2D eigenvalue weighted by atomic mass is 32.2. The van der Waals surface area contributed by atoms with E-state index in [1.54, 1.807) is 37.3 Å². The van der Waals surface area contributed by atoms with E-state index in [9.17, 15) is 28.1 Å². The number of nitrogens with one attached hydrogen (secondary N) is 1. The van der Waals surface area contributed by atoms with Crippen molar-refractivity contribution in [2.45, 2.75) is 44.2 Å². The Morgan fingerprint density at radius 3 is 2.39 bits per heavy atom. The third-order valence-corrected chi connectivity index (χ3v) is 8.21. The zero-order valence-corrected chi connectivity index (χ0v) is 24.0. The van der Waals surface area contributed by atoms with Crippen molar-refractivity contribution in [3.05, 3.63) is 94.5 Å². The van der Waals surface area contributed by atoms with E-state index in [0.29, 0.717) is 17.9 Å². The van der Waals surface area contributed by atoms with Crippen molar-refractivity contribution in [1.29, 1.82) is 0 Å². The van der Waals surface area contributed by atoms with E-state index in [0.717, 1.165) is 23.2 Å². The van der Waals surface area contributed by atoms with Crippen LogP contribution in [0.25, 0.3) is 0 Å². The number of hydrogen-bond donors (Lipinski definition) is 1. The Kier molecular flexibility index (Phi) is 10.8. The number of hydrogen-bond acceptors (Lipinski definition) is 7. The highest BCUT2D eigenvalue weighted by Gasteiger charge is 2.33. The quantitative estimate of drug-likeness (QED) is 0.171. The van der Waals surface area contributed by atoms with Crippen LogP contribution in [0.15, 0.2) is 83.8 Å². The Balaban J connectivity index is 2.04. The fourth-order valence-corrected chi connectivity index (χ4v) is 5.52. The van der Waals surface area contributed by atoms with Crippen molar-refractivity contribution in [3.8, 4) is 5.75 Å². The number of carbonyl (C=O) groups excluding carboxylic acids is 2. The topological polar surface area (TPSA) is 139 Å². The molecular weight excluding hydrogens is 548 g/mol. The van der Waals surface area contributed by atoms with E-state index in [1.807, 2.05) is 6.92 Å². The van der Waals surface area contributed by atoms with Gasteiger partial charge in [-0.15, -0.1) is 0 Å². The first kappa shape index (κ1) is 31.1. The Hall–Kier alpha value is -4.45. The van der Waals surface area contributed by atoms with E-state index < -0.39 is 33.4 Å². The van der Waals surface area contributed by atoms with E-state index in [-0.39, 0.29) is 28.7 Å². The normalized spacial score (nSPS) is 11.8. The summed E-state index contributed by atoms with van der Waals surface area (Å²) in [7, 11) is -2.82. The molecule has 1 atom stereocenters. The first-order chi connectivity index (χ1) is 19.6. The largest absolute Gasteiger partial charge is 0.497 e. The van der Waals surface area contributed by atoms with Crippen LogP contribution in [0.5, 0.6) is 5.75 Å². The van der Waals surface area contributed by atoms with Crippen molar-refractivity contribution in [1.82, 2.24) is 10.2 Å². The number of methoxy groups -OCH3 is 1. The van der Waals surface area contributed by atoms with Crippen LogP contribution in [-0.2, 0) is 26.2 Å². The van der Waals surface area contributed by atoms with Gasteiger partial charge in [0.15, 0.2) is 0 Å². The zero-order valence-electron chi connectivity index (χ0n) is 23.2. The summed E-state index contributed by atoms with van der Waals surface area (Å²) in [6.45, 7) is 3.29. The van der Waals surface area contributed by atoms with Crippen LogP contribution in [0, 0.1) is 10.1 Å². The molecule has 0 heterocycles. The summed E-state index contributed by atoms with van der Waals surface area (Å²) in [6, 6.07) is 18.6. The van der Waals surface area contributed by atoms with Crippen LogP contribution >= 0.6 is 0 Å². The Labute approximate surface area is 239 Å².